The summed E-state index contributed by atoms with van der Waals surface area (Å²) in [6.07, 6.45) is 2.02. The number of hydrogen-bond acceptors (Lipinski definition) is 7. The number of benzene rings is 1. The second kappa shape index (κ2) is 6.71. The fourth-order valence-electron chi connectivity index (χ4n) is 1.56. The average molecular weight is 338 g/mol. The molecule has 0 atom stereocenters. The lowest BCUT2D eigenvalue weighted by Gasteiger charge is -1.94. The molecule has 0 spiro atoms. The molecule has 0 amide bonds. The molecule has 0 unspecified atom stereocenters. The van der Waals surface area contributed by atoms with Gasteiger partial charge < -0.3 is 0 Å². The lowest BCUT2D eigenvalue weighted by Crippen LogP contribution is -1.81. The first-order valence-corrected chi connectivity index (χ1v) is 9.76. The van der Waals surface area contributed by atoms with Crippen LogP contribution in [0.1, 0.15) is 5.69 Å². The van der Waals surface area contributed by atoms with E-state index in [0.29, 0.717) is 0 Å². The van der Waals surface area contributed by atoms with Crippen molar-refractivity contribution in [3.05, 3.63) is 41.4 Å². The Morgan fingerprint density at radius 3 is 2.65 bits per heavy atom. The fourth-order valence-corrected chi connectivity index (χ4v) is 4.82. The van der Waals surface area contributed by atoms with E-state index in [1.54, 1.807) is 46.2 Å². The Labute approximate surface area is 133 Å². The third-order valence-electron chi connectivity index (χ3n) is 2.48. The van der Waals surface area contributed by atoms with Gasteiger partial charge in [-0.2, -0.15) is 0 Å². The van der Waals surface area contributed by atoms with Crippen molar-refractivity contribution in [1.82, 2.24) is 15.2 Å². The van der Waals surface area contributed by atoms with Crippen LogP contribution in [0.4, 0.5) is 0 Å². The van der Waals surface area contributed by atoms with Gasteiger partial charge in [0.15, 0.2) is 8.68 Å². The van der Waals surface area contributed by atoms with E-state index in [9.17, 15) is 0 Å². The second-order valence-electron chi connectivity index (χ2n) is 3.84. The van der Waals surface area contributed by atoms with Crippen molar-refractivity contribution in [2.45, 2.75) is 14.4 Å². The molecule has 102 valence electrons. The maximum absolute atomic E-state index is 4.67. The molecule has 3 aromatic rings. The third-order valence-corrected chi connectivity index (χ3v) is 6.48. The zero-order valence-electron chi connectivity index (χ0n) is 10.6. The zero-order valence-corrected chi connectivity index (χ0v) is 13.9. The van der Waals surface area contributed by atoms with Crippen LogP contribution in [0.5, 0.6) is 0 Å². The minimum atomic E-state index is 0.840. The van der Waals surface area contributed by atoms with Crippen molar-refractivity contribution >= 4 is 46.2 Å². The molecule has 20 heavy (non-hydrogen) atoms. The summed E-state index contributed by atoms with van der Waals surface area (Å²) < 4.78 is 2.01. The van der Waals surface area contributed by atoms with Crippen LogP contribution in [0.3, 0.4) is 0 Å². The van der Waals surface area contributed by atoms with E-state index >= 15 is 0 Å². The number of rotatable bonds is 5. The molecule has 7 heteroatoms. The largest absolute Gasteiger partial charge is 0.240 e. The van der Waals surface area contributed by atoms with Crippen LogP contribution < -0.4 is 0 Å². The first-order chi connectivity index (χ1) is 9.85. The molecule has 0 saturated heterocycles. The van der Waals surface area contributed by atoms with E-state index < -0.39 is 0 Å². The minimum absolute atomic E-state index is 0.840. The number of thioether (sulfide) groups is 2. The van der Waals surface area contributed by atoms with Crippen LogP contribution in [0.15, 0.2) is 44.4 Å². The van der Waals surface area contributed by atoms with Gasteiger partial charge in [-0.1, -0.05) is 65.2 Å². The van der Waals surface area contributed by atoms with Crippen LogP contribution >= 0.6 is 46.2 Å². The van der Waals surface area contributed by atoms with Gasteiger partial charge in [-0.25, -0.2) is 4.98 Å². The van der Waals surface area contributed by atoms with Gasteiger partial charge in [0, 0.05) is 16.7 Å². The van der Waals surface area contributed by atoms with Crippen molar-refractivity contribution in [2.24, 2.45) is 0 Å². The molecule has 0 aliphatic heterocycles. The van der Waals surface area contributed by atoms with Crippen LogP contribution in [-0.4, -0.2) is 21.4 Å². The maximum Gasteiger partial charge on any atom is 0.175 e. The summed E-state index contributed by atoms with van der Waals surface area (Å²) in [5.74, 6) is 0.840. The summed E-state index contributed by atoms with van der Waals surface area (Å²) in [6, 6.07) is 10.3. The van der Waals surface area contributed by atoms with Crippen LogP contribution in [0, 0.1) is 0 Å². The normalized spacial score (nSPS) is 10.8. The summed E-state index contributed by atoms with van der Waals surface area (Å²) >= 11 is 6.65. The van der Waals surface area contributed by atoms with Gasteiger partial charge in [0.2, 0.25) is 0 Å². The SMILES string of the molecule is CSc1nnc(SCc2csc(-c3ccccc3)n2)s1. The quantitative estimate of drug-likeness (QED) is 0.632. The smallest absolute Gasteiger partial charge is 0.175 e. The highest BCUT2D eigenvalue weighted by molar-refractivity contribution is 8.02. The second-order valence-corrected chi connectivity index (χ2v) is 7.95. The molecule has 0 aliphatic carbocycles. The Bertz CT molecular complexity index is 678. The first-order valence-electron chi connectivity index (χ1n) is 5.85. The number of aromatic nitrogens is 3. The summed E-state index contributed by atoms with van der Waals surface area (Å²) in [6.45, 7) is 0. The fraction of sp³-hybridized carbons (Fsp3) is 0.154. The maximum atomic E-state index is 4.67. The molecular formula is C13H11N3S4. The van der Waals surface area contributed by atoms with Gasteiger partial charge in [-0.15, -0.1) is 21.5 Å². The van der Waals surface area contributed by atoms with Crippen molar-refractivity contribution in [3.63, 3.8) is 0 Å². The van der Waals surface area contributed by atoms with Crippen LogP contribution in [0.2, 0.25) is 0 Å². The molecule has 3 nitrogen and oxygen atoms in total. The van der Waals surface area contributed by atoms with E-state index in [1.807, 2.05) is 24.5 Å². The number of hydrogen-bond donors (Lipinski definition) is 0. The molecule has 3 rings (SSSR count). The highest BCUT2D eigenvalue weighted by atomic mass is 32.2. The Hall–Kier alpha value is -0.890. The highest BCUT2D eigenvalue weighted by Gasteiger charge is 2.07. The number of nitrogens with zero attached hydrogens (tertiary/aromatic N) is 3. The molecule has 2 aromatic heterocycles. The van der Waals surface area contributed by atoms with Crippen molar-refractivity contribution < 1.29 is 0 Å². The predicted octanol–water partition coefficient (Wildman–Crippen LogP) is 4.68. The van der Waals surface area contributed by atoms with Crippen LogP contribution in [0.25, 0.3) is 10.6 Å². The summed E-state index contributed by atoms with van der Waals surface area (Å²) in [5.41, 5.74) is 2.27. The predicted molar refractivity (Wildman–Crippen MR) is 88.8 cm³/mol. The van der Waals surface area contributed by atoms with Gasteiger partial charge in [0.25, 0.3) is 0 Å². The van der Waals surface area contributed by atoms with E-state index in [4.69, 9.17) is 0 Å². The molecule has 2 heterocycles. The summed E-state index contributed by atoms with van der Waals surface area (Å²) in [4.78, 5) is 4.67. The van der Waals surface area contributed by atoms with E-state index in [0.717, 1.165) is 25.1 Å². The van der Waals surface area contributed by atoms with Crippen LogP contribution in [-0.2, 0) is 5.75 Å². The Morgan fingerprint density at radius 1 is 1.10 bits per heavy atom. The molecule has 0 radical (unpaired) electrons. The van der Waals surface area contributed by atoms with Gasteiger partial charge in [0.05, 0.1) is 5.69 Å². The van der Waals surface area contributed by atoms with Crippen molar-refractivity contribution in [1.29, 1.82) is 0 Å². The van der Waals surface area contributed by atoms with Gasteiger partial charge in [-0.05, 0) is 6.26 Å². The van der Waals surface area contributed by atoms with Gasteiger partial charge >= 0.3 is 0 Å². The Balaban J connectivity index is 1.65. The monoisotopic (exact) mass is 337 g/mol. The van der Waals surface area contributed by atoms with Gasteiger partial charge in [0.1, 0.15) is 5.01 Å². The Morgan fingerprint density at radius 2 is 1.90 bits per heavy atom. The minimum Gasteiger partial charge on any atom is -0.240 e. The van der Waals surface area contributed by atoms with E-state index in [1.165, 1.54) is 5.56 Å². The van der Waals surface area contributed by atoms with E-state index in [2.05, 4.69) is 32.7 Å². The third kappa shape index (κ3) is 3.41. The van der Waals surface area contributed by atoms with E-state index in [-0.39, 0.29) is 0 Å². The molecule has 0 saturated carbocycles. The molecule has 1 aromatic carbocycles. The van der Waals surface area contributed by atoms with Crippen molar-refractivity contribution in [3.8, 4) is 10.6 Å². The van der Waals surface area contributed by atoms with Crippen molar-refractivity contribution in [2.75, 3.05) is 6.26 Å². The standard InChI is InChI=1S/C13H11N3S4/c1-17-12-15-16-13(20-12)19-8-10-7-18-11(14-10)9-5-3-2-4-6-9/h2-7H,8H2,1H3. The Kier molecular flexibility index (Phi) is 4.72. The molecule has 0 aliphatic rings. The molecular weight excluding hydrogens is 326 g/mol. The average Bonchev–Trinajstić information content (AvgIpc) is 3.15. The first kappa shape index (κ1) is 14.1. The molecule has 0 bridgehead atoms. The summed E-state index contributed by atoms with van der Waals surface area (Å²) in [5, 5.41) is 11.4. The molecule has 0 fully saturated rings. The highest BCUT2D eigenvalue weighted by Crippen LogP contribution is 2.31. The lowest BCUT2D eigenvalue weighted by atomic mass is 10.2. The lowest BCUT2D eigenvalue weighted by molar-refractivity contribution is 0.955. The van der Waals surface area contributed by atoms with Gasteiger partial charge in [-0.3, -0.25) is 0 Å². The number of thiazole rings is 1. The topological polar surface area (TPSA) is 38.7 Å². The zero-order chi connectivity index (χ0) is 13.8. The molecule has 0 N–H and O–H groups in total. The summed E-state index contributed by atoms with van der Waals surface area (Å²) in [7, 11) is 0.